The van der Waals surface area contributed by atoms with Crippen molar-refractivity contribution in [1.29, 1.82) is 0 Å². The highest BCUT2D eigenvalue weighted by molar-refractivity contribution is 5.64. The molecule has 0 N–H and O–H groups in total. The molecular formula is C55H62N4+4. The van der Waals surface area contributed by atoms with Crippen molar-refractivity contribution >= 4 is 0 Å². The highest BCUT2D eigenvalue weighted by atomic mass is 14.9. The summed E-state index contributed by atoms with van der Waals surface area (Å²) in [6, 6.07) is 53.1. The van der Waals surface area contributed by atoms with Crippen LogP contribution < -0.4 is 18.3 Å². The summed E-state index contributed by atoms with van der Waals surface area (Å²) in [7, 11) is 8.34. The quantitative estimate of drug-likeness (QED) is 0.158. The third-order valence-electron chi connectivity index (χ3n) is 10.7. The van der Waals surface area contributed by atoms with Crippen LogP contribution in [0.1, 0.15) is 38.9 Å². The van der Waals surface area contributed by atoms with Crippen molar-refractivity contribution in [3.63, 3.8) is 0 Å². The first kappa shape index (κ1) is 43.6. The minimum absolute atomic E-state index is 1.26. The Hall–Kier alpha value is -6.52. The van der Waals surface area contributed by atoms with E-state index in [9.17, 15) is 0 Å². The van der Waals surface area contributed by atoms with Crippen LogP contribution in [0.5, 0.6) is 0 Å². The van der Waals surface area contributed by atoms with E-state index >= 15 is 0 Å². The molecule has 4 heterocycles. The van der Waals surface area contributed by atoms with E-state index in [1.165, 1.54) is 84.0 Å². The van der Waals surface area contributed by atoms with E-state index in [0.29, 0.717) is 0 Å². The standard InChI is InChI=1S/3C14H16N.C13H14N/c1-11-7-4-5-9-13(11)14-12(2)8-6-10-15(14)3;1-11-8-9-15(3)14(10-11)13-7-5-4-6-12(13)2;1-11-8-9-14(15(3)10-11)13-7-5-4-6-12(13)2;1-11-7-3-4-8-12(11)13-9-5-6-10-14(13)2/h3*4-10H,1-3H3;3-10H,1-2H3/q4*+1. The summed E-state index contributed by atoms with van der Waals surface area (Å²) in [6.45, 7) is 15.0. The van der Waals surface area contributed by atoms with Gasteiger partial charge in [-0.05, 0) is 119 Å². The molecule has 0 aliphatic heterocycles. The molecule has 0 fully saturated rings. The zero-order valence-corrected chi connectivity index (χ0v) is 37.0. The van der Waals surface area contributed by atoms with Crippen molar-refractivity contribution in [1.82, 2.24) is 0 Å². The van der Waals surface area contributed by atoms with Gasteiger partial charge in [0.25, 0.3) is 0 Å². The molecule has 59 heavy (non-hydrogen) atoms. The lowest BCUT2D eigenvalue weighted by atomic mass is 10.0. The van der Waals surface area contributed by atoms with Crippen LogP contribution in [0.15, 0.2) is 176 Å². The Bertz CT molecular complexity index is 2570. The van der Waals surface area contributed by atoms with Crippen LogP contribution in [0.2, 0.25) is 0 Å². The molecule has 0 saturated carbocycles. The normalized spacial score (nSPS) is 10.3. The summed E-state index contributed by atoms with van der Waals surface area (Å²) in [5.41, 5.74) is 19.5. The molecule has 298 valence electrons. The Morgan fingerprint density at radius 1 is 0.288 bits per heavy atom. The van der Waals surface area contributed by atoms with Gasteiger partial charge in [0.05, 0.1) is 0 Å². The van der Waals surface area contributed by atoms with E-state index in [4.69, 9.17) is 0 Å². The van der Waals surface area contributed by atoms with Gasteiger partial charge in [-0.1, -0.05) is 72.8 Å². The molecule has 4 aromatic carbocycles. The Morgan fingerprint density at radius 3 is 1.20 bits per heavy atom. The number of rotatable bonds is 4. The molecule has 0 radical (unpaired) electrons. The maximum absolute atomic E-state index is 2.22. The summed E-state index contributed by atoms with van der Waals surface area (Å²) in [5, 5.41) is 0. The first-order chi connectivity index (χ1) is 28.3. The second kappa shape index (κ2) is 20.8. The lowest BCUT2D eigenvalue weighted by molar-refractivity contribution is -0.660. The zero-order chi connectivity index (χ0) is 42.5. The van der Waals surface area contributed by atoms with Gasteiger partial charge in [0, 0.05) is 69.8 Å². The van der Waals surface area contributed by atoms with Crippen molar-refractivity contribution in [2.24, 2.45) is 28.2 Å². The van der Waals surface area contributed by atoms with E-state index in [2.05, 4.69) is 265 Å². The fraction of sp³-hybridized carbons (Fsp3) is 0.200. The summed E-state index contributed by atoms with van der Waals surface area (Å²) >= 11 is 0. The van der Waals surface area contributed by atoms with E-state index in [0.717, 1.165) is 0 Å². The van der Waals surface area contributed by atoms with Crippen LogP contribution >= 0.6 is 0 Å². The second-order valence-corrected chi connectivity index (χ2v) is 15.5. The maximum atomic E-state index is 2.22. The van der Waals surface area contributed by atoms with Gasteiger partial charge in [0.1, 0.15) is 28.2 Å². The molecule has 0 spiro atoms. The number of hydrogen-bond acceptors (Lipinski definition) is 0. The molecule has 4 nitrogen and oxygen atoms in total. The number of pyridine rings is 4. The second-order valence-electron chi connectivity index (χ2n) is 15.5. The lowest BCUT2D eigenvalue weighted by Gasteiger charge is -2.06. The summed E-state index contributed by atoms with van der Waals surface area (Å²) in [4.78, 5) is 0. The van der Waals surface area contributed by atoms with Gasteiger partial charge in [0.15, 0.2) is 24.8 Å². The monoisotopic (exact) mass is 778 g/mol. The van der Waals surface area contributed by atoms with E-state index in [1.807, 2.05) is 6.07 Å². The molecule has 8 rings (SSSR count). The van der Waals surface area contributed by atoms with Gasteiger partial charge in [-0.3, -0.25) is 0 Å². The van der Waals surface area contributed by atoms with Crippen molar-refractivity contribution in [3.05, 3.63) is 215 Å². The largest absolute Gasteiger partial charge is 0.215 e. The zero-order valence-electron chi connectivity index (χ0n) is 37.0. The number of benzene rings is 4. The predicted octanol–water partition coefficient (Wildman–Crippen LogP) is 10.9. The molecule has 0 bridgehead atoms. The minimum Gasteiger partial charge on any atom is -0.201 e. The van der Waals surface area contributed by atoms with Gasteiger partial charge in [0.2, 0.25) is 22.8 Å². The van der Waals surface area contributed by atoms with E-state index in [1.54, 1.807) is 0 Å². The maximum Gasteiger partial charge on any atom is 0.215 e. The van der Waals surface area contributed by atoms with E-state index in [-0.39, 0.29) is 0 Å². The molecule has 8 aromatic rings. The summed E-state index contributed by atoms with van der Waals surface area (Å²) in [5.74, 6) is 0. The van der Waals surface area contributed by atoms with Gasteiger partial charge < -0.3 is 0 Å². The van der Waals surface area contributed by atoms with Crippen molar-refractivity contribution in [2.75, 3.05) is 0 Å². The number of aromatic nitrogens is 4. The average molecular weight is 779 g/mol. The van der Waals surface area contributed by atoms with Crippen LogP contribution in [0.3, 0.4) is 0 Å². The molecule has 4 aromatic heterocycles. The number of hydrogen-bond donors (Lipinski definition) is 0. The first-order valence-corrected chi connectivity index (χ1v) is 20.4. The first-order valence-electron chi connectivity index (χ1n) is 20.4. The Kier molecular flexibility index (Phi) is 15.3. The van der Waals surface area contributed by atoms with Gasteiger partial charge in [-0.25, -0.2) is 18.3 Å². The number of aryl methyl sites for hydroxylation is 11. The van der Waals surface area contributed by atoms with E-state index < -0.39 is 0 Å². The SMILES string of the molecule is Cc1cc[n+](C)c(-c2ccccc2C)c1.Cc1ccc(-c2ccccc2C)[n+](C)c1.Cc1ccccc1-c1c(C)ccc[n+]1C.Cc1ccccc1-c1cccc[n+]1C. The van der Waals surface area contributed by atoms with Crippen LogP contribution in [0, 0.1) is 48.5 Å². The Labute approximate surface area is 354 Å². The third kappa shape index (κ3) is 11.5. The lowest BCUT2D eigenvalue weighted by Crippen LogP contribution is -2.31. The molecule has 0 unspecified atom stereocenters. The number of nitrogens with zero attached hydrogens (tertiary/aromatic N) is 4. The molecule has 4 heteroatoms. The molecule has 0 atom stereocenters. The highest BCUT2D eigenvalue weighted by Gasteiger charge is 2.15. The van der Waals surface area contributed by atoms with Gasteiger partial charge in [-0.15, -0.1) is 0 Å². The summed E-state index contributed by atoms with van der Waals surface area (Å²) < 4.78 is 8.66. The van der Waals surface area contributed by atoms with Crippen molar-refractivity contribution in [2.45, 2.75) is 48.5 Å². The molecule has 0 aliphatic rings. The molecule has 0 amide bonds. The topological polar surface area (TPSA) is 15.5 Å². The van der Waals surface area contributed by atoms with Crippen molar-refractivity contribution < 1.29 is 18.3 Å². The van der Waals surface area contributed by atoms with Crippen LogP contribution in [0.4, 0.5) is 0 Å². The Morgan fingerprint density at radius 2 is 0.712 bits per heavy atom. The Balaban J connectivity index is 0.000000150. The molecular weight excluding hydrogens is 717 g/mol. The highest BCUT2D eigenvalue weighted by Crippen LogP contribution is 2.23. The smallest absolute Gasteiger partial charge is 0.201 e. The fourth-order valence-electron chi connectivity index (χ4n) is 7.34. The molecule has 0 aliphatic carbocycles. The van der Waals surface area contributed by atoms with Gasteiger partial charge in [-0.2, -0.15) is 0 Å². The van der Waals surface area contributed by atoms with Crippen LogP contribution in [-0.4, -0.2) is 0 Å². The van der Waals surface area contributed by atoms with Crippen LogP contribution in [0.25, 0.3) is 45.0 Å². The predicted molar refractivity (Wildman–Crippen MR) is 245 cm³/mol. The summed E-state index contributed by atoms with van der Waals surface area (Å²) in [6.07, 6.45) is 8.43. The molecule has 0 saturated heterocycles. The van der Waals surface area contributed by atoms with Gasteiger partial charge >= 0.3 is 0 Å². The minimum atomic E-state index is 1.26. The van der Waals surface area contributed by atoms with Crippen molar-refractivity contribution in [3.8, 4) is 45.0 Å². The van der Waals surface area contributed by atoms with Crippen LogP contribution in [-0.2, 0) is 28.2 Å². The average Bonchev–Trinajstić information content (AvgIpc) is 3.21. The third-order valence-corrected chi connectivity index (χ3v) is 10.7. The fourth-order valence-corrected chi connectivity index (χ4v) is 7.34.